The van der Waals surface area contributed by atoms with Gasteiger partial charge in [0.1, 0.15) is 0 Å². The standard InChI is InChI=1S/C19H18ClF3N4/c1-18(2)13-6-4-5-7-15(13)27(3)16(18)8-9-25-26-17-14(20)10-12(11-24-17)19(21,22)23/h4-11H,1-3H3,(H,24,26)/b16-8-,25-9-. The van der Waals surface area contributed by atoms with Crippen molar-refractivity contribution in [1.29, 1.82) is 0 Å². The van der Waals surface area contributed by atoms with Gasteiger partial charge in [0.25, 0.3) is 0 Å². The molecular formula is C19H18ClF3N4. The van der Waals surface area contributed by atoms with E-state index in [4.69, 9.17) is 11.6 Å². The SMILES string of the molecule is CN1/C(=C\C=N/Nc2ncc(C(F)(F)F)cc2Cl)C(C)(C)c2ccccc21. The zero-order valence-electron chi connectivity index (χ0n) is 15.0. The monoisotopic (exact) mass is 394 g/mol. The van der Waals surface area contributed by atoms with Crippen molar-refractivity contribution in [2.45, 2.75) is 25.4 Å². The molecule has 1 aromatic heterocycles. The maximum Gasteiger partial charge on any atom is 0.417 e. The Kier molecular flexibility index (Phi) is 4.90. The number of hydrazone groups is 1. The van der Waals surface area contributed by atoms with E-state index < -0.39 is 11.7 Å². The van der Waals surface area contributed by atoms with E-state index >= 15 is 0 Å². The number of aromatic nitrogens is 1. The average molecular weight is 395 g/mol. The molecule has 8 heteroatoms. The fraction of sp³-hybridized carbons (Fsp3) is 0.263. The third kappa shape index (κ3) is 3.64. The summed E-state index contributed by atoms with van der Waals surface area (Å²) in [6.45, 7) is 4.24. The second kappa shape index (κ2) is 6.88. The number of likely N-dealkylation sites (N-methyl/N-ethyl adjacent to an activating group) is 1. The number of alkyl halides is 3. The molecule has 0 unspecified atom stereocenters. The summed E-state index contributed by atoms with van der Waals surface area (Å²) in [6.07, 6.45) is -0.386. The number of halogens is 4. The molecule has 142 valence electrons. The van der Waals surface area contributed by atoms with Gasteiger partial charge in [-0.15, -0.1) is 0 Å². The number of allylic oxidation sites excluding steroid dienone is 2. The number of rotatable bonds is 3. The number of anilines is 2. The lowest BCUT2D eigenvalue weighted by Gasteiger charge is -2.23. The Bertz CT molecular complexity index is 919. The Labute approximate surface area is 160 Å². The molecule has 2 aromatic rings. The van der Waals surface area contributed by atoms with Crippen LogP contribution < -0.4 is 10.3 Å². The van der Waals surface area contributed by atoms with Gasteiger partial charge in [0, 0.05) is 36.3 Å². The quantitative estimate of drug-likeness (QED) is 0.555. The number of fused-ring (bicyclic) bond motifs is 1. The molecule has 2 heterocycles. The largest absolute Gasteiger partial charge is 0.417 e. The summed E-state index contributed by atoms with van der Waals surface area (Å²) in [5.41, 5.74) is 4.86. The lowest BCUT2D eigenvalue weighted by molar-refractivity contribution is -0.137. The molecule has 0 aliphatic carbocycles. The molecule has 4 nitrogen and oxygen atoms in total. The first-order chi connectivity index (χ1) is 12.6. The third-order valence-electron chi connectivity index (χ3n) is 4.59. The molecular weight excluding hydrogens is 377 g/mol. The third-order valence-corrected chi connectivity index (χ3v) is 4.87. The van der Waals surface area contributed by atoms with E-state index in [0.717, 1.165) is 17.5 Å². The normalized spacial score (nSPS) is 17.6. The van der Waals surface area contributed by atoms with E-state index in [2.05, 4.69) is 46.4 Å². The van der Waals surface area contributed by atoms with Crippen LogP contribution in [0.4, 0.5) is 24.7 Å². The molecule has 0 atom stereocenters. The van der Waals surface area contributed by atoms with E-state index in [1.54, 1.807) is 0 Å². The van der Waals surface area contributed by atoms with Crippen LogP contribution in [0, 0.1) is 0 Å². The number of hydrogen-bond acceptors (Lipinski definition) is 4. The molecule has 1 aromatic carbocycles. The highest BCUT2D eigenvalue weighted by Gasteiger charge is 2.37. The van der Waals surface area contributed by atoms with E-state index in [0.29, 0.717) is 6.20 Å². The van der Waals surface area contributed by atoms with Gasteiger partial charge in [0.2, 0.25) is 0 Å². The van der Waals surface area contributed by atoms with Crippen molar-refractivity contribution in [3.63, 3.8) is 0 Å². The van der Waals surface area contributed by atoms with E-state index in [-0.39, 0.29) is 16.3 Å². The first-order valence-corrected chi connectivity index (χ1v) is 8.56. The smallest absolute Gasteiger partial charge is 0.347 e. The van der Waals surface area contributed by atoms with E-state index in [1.165, 1.54) is 11.8 Å². The lowest BCUT2D eigenvalue weighted by Crippen LogP contribution is -2.23. The summed E-state index contributed by atoms with van der Waals surface area (Å²) in [7, 11) is 1.98. The number of hydrogen-bond donors (Lipinski definition) is 1. The minimum Gasteiger partial charge on any atom is -0.347 e. The zero-order chi connectivity index (χ0) is 19.8. The predicted octanol–water partition coefficient (Wildman–Crippen LogP) is 5.46. The van der Waals surface area contributed by atoms with Crippen LogP contribution >= 0.6 is 11.6 Å². The predicted molar refractivity (Wildman–Crippen MR) is 102 cm³/mol. The first kappa shape index (κ1) is 19.2. The molecule has 0 bridgehead atoms. The van der Waals surface area contributed by atoms with Gasteiger partial charge in [0.05, 0.1) is 10.6 Å². The maximum absolute atomic E-state index is 12.6. The van der Waals surface area contributed by atoms with Crippen LogP contribution in [-0.2, 0) is 11.6 Å². The highest BCUT2D eigenvalue weighted by molar-refractivity contribution is 6.32. The van der Waals surface area contributed by atoms with Gasteiger partial charge in [-0.1, -0.05) is 43.6 Å². The summed E-state index contributed by atoms with van der Waals surface area (Å²) in [5, 5.41) is 3.86. The number of nitrogens with one attached hydrogen (secondary N) is 1. The summed E-state index contributed by atoms with van der Waals surface area (Å²) in [4.78, 5) is 5.77. The van der Waals surface area contributed by atoms with Crippen molar-refractivity contribution < 1.29 is 13.2 Å². The summed E-state index contributed by atoms with van der Waals surface area (Å²) in [5.74, 6) is 0.0571. The van der Waals surface area contributed by atoms with Gasteiger partial charge in [-0.25, -0.2) is 4.98 Å². The fourth-order valence-electron chi connectivity index (χ4n) is 3.18. The Hall–Kier alpha value is -2.54. The summed E-state index contributed by atoms with van der Waals surface area (Å²) in [6, 6.07) is 8.95. The van der Waals surface area contributed by atoms with Crippen molar-refractivity contribution in [1.82, 2.24) is 4.98 Å². The fourth-order valence-corrected chi connectivity index (χ4v) is 3.39. The summed E-state index contributed by atoms with van der Waals surface area (Å²) < 4.78 is 37.9. The van der Waals surface area contributed by atoms with Gasteiger partial charge in [-0.2, -0.15) is 18.3 Å². The van der Waals surface area contributed by atoms with Crippen molar-refractivity contribution in [2.24, 2.45) is 5.10 Å². The molecule has 0 radical (unpaired) electrons. The Morgan fingerprint density at radius 2 is 1.96 bits per heavy atom. The van der Waals surface area contributed by atoms with E-state index in [9.17, 15) is 13.2 Å². The van der Waals surface area contributed by atoms with Crippen LogP contribution in [0.5, 0.6) is 0 Å². The van der Waals surface area contributed by atoms with Crippen molar-refractivity contribution in [3.8, 4) is 0 Å². The van der Waals surface area contributed by atoms with Crippen LogP contribution in [0.15, 0.2) is 53.4 Å². The van der Waals surface area contributed by atoms with Crippen molar-refractivity contribution >= 4 is 29.3 Å². The second-order valence-corrected chi connectivity index (χ2v) is 7.10. The highest BCUT2D eigenvalue weighted by atomic mass is 35.5. The van der Waals surface area contributed by atoms with Gasteiger partial charge in [-0.05, 0) is 23.8 Å². The van der Waals surface area contributed by atoms with Gasteiger partial charge in [-0.3, -0.25) is 5.43 Å². The van der Waals surface area contributed by atoms with Crippen LogP contribution in [0.2, 0.25) is 5.02 Å². The number of nitrogens with zero attached hydrogens (tertiary/aromatic N) is 3. The summed E-state index contributed by atoms with van der Waals surface area (Å²) >= 11 is 5.85. The first-order valence-electron chi connectivity index (χ1n) is 8.18. The molecule has 0 saturated carbocycles. The van der Waals surface area contributed by atoms with Crippen LogP contribution in [0.3, 0.4) is 0 Å². The Morgan fingerprint density at radius 1 is 1.26 bits per heavy atom. The van der Waals surface area contributed by atoms with Gasteiger partial charge < -0.3 is 4.90 Å². The number of pyridine rings is 1. The zero-order valence-corrected chi connectivity index (χ0v) is 15.7. The lowest BCUT2D eigenvalue weighted by atomic mass is 9.84. The number of benzene rings is 1. The molecule has 0 amide bonds. The molecule has 3 rings (SSSR count). The molecule has 0 spiro atoms. The van der Waals surface area contributed by atoms with E-state index in [1.807, 2.05) is 25.3 Å². The highest BCUT2D eigenvalue weighted by Crippen LogP contribution is 2.46. The minimum absolute atomic E-state index is 0.0571. The topological polar surface area (TPSA) is 40.5 Å². The molecule has 1 aliphatic heterocycles. The molecule has 0 saturated heterocycles. The van der Waals surface area contributed by atoms with Crippen LogP contribution in [0.1, 0.15) is 25.0 Å². The molecule has 27 heavy (non-hydrogen) atoms. The Balaban J connectivity index is 1.77. The van der Waals surface area contributed by atoms with Gasteiger partial charge >= 0.3 is 6.18 Å². The molecule has 0 fully saturated rings. The second-order valence-electron chi connectivity index (χ2n) is 6.70. The minimum atomic E-state index is -4.49. The van der Waals surface area contributed by atoms with Crippen molar-refractivity contribution in [2.75, 3.05) is 17.4 Å². The Morgan fingerprint density at radius 3 is 2.59 bits per heavy atom. The molecule has 1 aliphatic rings. The van der Waals surface area contributed by atoms with Gasteiger partial charge in [0.15, 0.2) is 5.82 Å². The van der Waals surface area contributed by atoms with Crippen molar-refractivity contribution in [3.05, 3.63) is 64.5 Å². The number of para-hydroxylation sites is 1. The van der Waals surface area contributed by atoms with Crippen LogP contribution in [-0.4, -0.2) is 18.2 Å². The average Bonchev–Trinajstić information content (AvgIpc) is 2.79. The van der Waals surface area contributed by atoms with Crippen LogP contribution in [0.25, 0.3) is 0 Å². The molecule has 1 N–H and O–H groups in total. The maximum atomic E-state index is 12.6.